The quantitative estimate of drug-likeness (QED) is 0.618. The molecule has 0 radical (unpaired) electrons. The summed E-state index contributed by atoms with van der Waals surface area (Å²) >= 11 is 6.03. The molecule has 1 saturated heterocycles. The molecule has 2 unspecified atom stereocenters. The van der Waals surface area contributed by atoms with Gasteiger partial charge in [-0.15, -0.1) is 0 Å². The number of carbonyl (C=O) groups excluding carboxylic acids is 1. The number of nitrogens with zero attached hydrogens (tertiary/aromatic N) is 2. The van der Waals surface area contributed by atoms with Gasteiger partial charge in [0.25, 0.3) is 11.6 Å². The van der Waals surface area contributed by atoms with E-state index in [1.807, 2.05) is 18.7 Å². The van der Waals surface area contributed by atoms with E-state index in [-0.39, 0.29) is 28.7 Å². The molecule has 1 aliphatic rings. The lowest BCUT2D eigenvalue weighted by Gasteiger charge is -2.39. The van der Waals surface area contributed by atoms with Crippen LogP contribution in [0.1, 0.15) is 43.5 Å². The van der Waals surface area contributed by atoms with Crippen LogP contribution in [0.3, 0.4) is 0 Å². The smallest absolute Gasteiger partial charge is 0.270 e. The number of hydrogen-bond acceptors (Lipinski definition) is 3. The van der Waals surface area contributed by atoms with Crippen LogP contribution in [-0.4, -0.2) is 27.8 Å². The molecular formula is C14H17ClN2O3. The fraction of sp³-hybridized carbons (Fsp3) is 0.500. The van der Waals surface area contributed by atoms with E-state index in [4.69, 9.17) is 11.6 Å². The lowest BCUT2D eigenvalue weighted by atomic mass is 9.96. The van der Waals surface area contributed by atoms with Gasteiger partial charge in [0, 0.05) is 24.2 Å². The summed E-state index contributed by atoms with van der Waals surface area (Å²) in [4.78, 5) is 24.6. The van der Waals surface area contributed by atoms with Crippen LogP contribution in [0.25, 0.3) is 0 Å². The number of halogens is 1. The molecule has 1 aromatic rings. The van der Waals surface area contributed by atoms with Crippen molar-refractivity contribution in [3.63, 3.8) is 0 Å². The van der Waals surface area contributed by atoms with Gasteiger partial charge >= 0.3 is 0 Å². The van der Waals surface area contributed by atoms with E-state index in [0.29, 0.717) is 5.56 Å². The normalized spacial score (nSPS) is 22.6. The van der Waals surface area contributed by atoms with Crippen molar-refractivity contribution in [3.05, 3.63) is 38.9 Å². The zero-order valence-corrected chi connectivity index (χ0v) is 12.3. The van der Waals surface area contributed by atoms with Gasteiger partial charge in [-0.2, -0.15) is 0 Å². The zero-order valence-electron chi connectivity index (χ0n) is 11.5. The van der Waals surface area contributed by atoms with Crippen molar-refractivity contribution in [3.8, 4) is 0 Å². The number of nitro groups is 1. The predicted octanol–water partition coefficient (Wildman–Crippen LogP) is 3.65. The minimum absolute atomic E-state index is 0.105. The summed E-state index contributed by atoms with van der Waals surface area (Å²) < 4.78 is 0. The van der Waals surface area contributed by atoms with Crippen LogP contribution in [-0.2, 0) is 0 Å². The van der Waals surface area contributed by atoms with Gasteiger partial charge < -0.3 is 4.90 Å². The Kier molecular flexibility index (Phi) is 4.28. The first-order chi connectivity index (χ1) is 9.41. The van der Waals surface area contributed by atoms with Gasteiger partial charge in [0.05, 0.1) is 15.5 Å². The Bertz CT molecular complexity index is 537. The molecule has 6 heteroatoms. The van der Waals surface area contributed by atoms with Crippen LogP contribution in [0, 0.1) is 10.1 Å². The molecule has 0 aromatic heterocycles. The highest BCUT2D eigenvalue weighted by Gasteiger charge is 2.30. The molecule has 1 aliphatic heterocycles. The Labute approximate surface area is 122 Å². The van der Waals surface area contributed by atoms with Gasteiger partial charge in [-0.3, -0.25) is 14.9 Å². The van der Waals surface area contributed by atoms with E-state index in [1.165, 1.54) is 18.2 Å². The molecule has 0 spiro atoms. The van der Waals surface area contributed by atoms with Gasteiger partial charge in [0.2, 0.25) is 0 Å². The molecule has 0 saturated carbocycles. The van der Waals surface area contributed by atoms with Gasteiger partial charge in [-0.25, -0.2) is 0 Å². The first-order valence-electron chi connectivity index (χ1n) is 6.68. The summed E-state index contributed by atoms with van der Waals surface area (Å²) in [7, 11) is 0. The van der Waals surface area contributed by atoms with Crippen LogP contribution >= 0.6 is 11.6 Å². The Morgan fingerprint density at radius 1 is 1.35 bits per heavy atom. The maximum atomic E-state index is 12.6. The molecule has 0 bridgehead atoms. The monoisotopic (exact) mass is 296 g/mol. The number of benzene rings is 1. The van der Waals surface area contributed by atoms with Crippen molar-refractivity contribution in [1.82, 2.24) is 4.90 Å². The molecule has 2 rings (SSSR count). The van der Waals surface area contributed by atoms with E-state index >= 15 is 0 Å². The van der Waals surface area contributed by atoms with Crippen molar-refractivity contribution < 1.29 is 9.72 Å². The van der Waals surface area contributed by atoms with Gasteiger partial charge in [0.15, 0.2) is 0 Å². The second-order valence-electron chi connectivity index (χ2n) is 5.26. The Hall–Kier alpha value is -1.62. The van der Waals surface area contributed by atoms with E-state index in [1.54, 1.807) is 0 Å². The second-order valence-corrected chi connectivity index (χ2v) is 5.67. The summed E-state index contributed by atoms with van der Waals surface area (Å²) in [5.41, 5.74) is 0.226. The fourth-order valence-electron chi connectivity index (χ4n) is 2.75. The zero-order chi connectivity index (χ0) is 14.9. The number of non-ortho nitro benzene ring substituents is 1. The molecule has 0 N–H and O–H groups in total. The van der Waals surface area contributed by atoms with E-state index in [0.717, 1.165) is 19.3 Å². The summed E-state index contributed by atoms with van der Waals surface area (Å²) in [6, 6.07) is 4.32. The van der Waals surface area contributed by atoms with Crippen molar-refractivity contribution in [1.29, 1.82) is 0 Å². The maximum Gasteiger partial charge on any atom is 0.270 e. The highest BCUT2D eigenvalue weighted by Crippen LogP contribution is 2.28. The predicted molar refractivity (Wildman–Crippen MR) is 77.1 cm³/mol. The number of nitro benzene ring substituents is 1. The molecule has 5 nitrogen and oxygen atoms in total. The molecule has 1 fully saturated rings. The number of likely N-dealkylation sites (tertiary alicyclic amines) is 1. The van der Waals surface area contributed by atoms with Crippen LogP contribution in [0.5, 0.6) is 0 Å². The van der Waals surface area contributed by atoms with Crippen molar-refractivity contribution in [2.45, 2.75) is 45.2 Å². The van der Waals surface area contributed by atoms with Crippen molar-refractivity contribution in [2.24, 2.45) is 0 Å². The highest BCUT2D eigenvalue weighted by atomic mass is 35.5. The van der Waals surface area contributed by atoms with Crippen LogP contribution in [0.15, 0.2) is 18.2 Å². The summed E-state index contributed by atoms with van der Waals surface area (Å²) in [6.07, 6.45) is 3.06. The molecular weight excluding hydrogens is 280 g/mol. The van der Waals surface area contributed by atoms with Crippen LogP contribution < -0.4 is 0 Å². The molecule has 108 valence electrons. The molecule has 1 aromatic carbocycles. The average Bonchev–Trinajstić information content (AvgIpc) is 2.38. The van der Waals surface area contributed by atoms with E-state index < -0.39 is 4.92 Å². The first kappa shape index (κ1) is 14.8. The Morgan fingerprint density at radius 2 is 1.95 bits per heavy atom. The average molecular weight is 297 g/mol. The summed E-state index contributed by atoms with van der Waals surface area (Å²) in [5.74, 6) is -0.149. The molecule has 1 amide bonds. The minimum atomic E-state index is -0.522. The third kappa shape index (κ3) is 2.77. The lowest BCUT2D eigenvalue weighted by molar-refractivity contribution is -0.384. The second kappa shape index (κ2) is 5.79. The number of hydrogen-bond donors (Lipinski definition) is 0. The van der Waals surface area contributed by atoms with Gasteiger partial charge in [-0.1, -0.05) is 11.6 Å². The SMILES string of the molecule is CC1CCCC(C)N1C(=O)c1ccc([N+](=O)[O-])cc1Cl. The van der Waals surface area contributed by atoms with E-state index in [9.17, 15) is 14.9 Å². The minimum Gasteiger partial charge on any atom is -0.333 e. The molecule has 2 atom stereocenters. The first-order valence-corrected chi connectivity index (χ1v) is 7.06. The van der Waals surface area contributed by atoms with E-state index in [2.05, 4.69) is 0 Å². The third-order valence-corrected chi connectivity index (χ3v) is 4.13. The topological polar surface area (TPSA) is 63.5 Å². The van der Waals surface area contributed by atoms with Crippen molar-refractivity contribution in [2.75, 3.05) is 0 Å². The molecule has 1 heterocycles. The Balaban J connectivity index is 2.31. The fourth-order valence-corrected chi connectivity index (χ4v) is 3.01. The van der Waals surface area contributed by atoms with Crippen molar-refractivity contribution >= 4 is 23.2 Å². The summed E-state index contributed by atoms with van der Waals surface area (Å²) in [6.45, 7) is 4.04. The number of piperidine rings is 1. The number of amides is 1. The van der Waals surface area contributed by atoms with Crippen LogP contribution in [0.4, 0.5) is 5.69 Å². The maximum absolute atomic E-state index is 12.6. The highest BCUT2D eigenvalue weighted by molar-refractivity contribution is 6.34. The van der Waals surface area contributed by atoms with Crippen LogP contribution in [0.2, 0.25) is 5.02 Å². The van der Waals surface area contributed by atoms with Gasteiger partial charge in [0.1, 0.15) is 0 Å². The van der Waals surface area contributed by atoms with Gasteiger partial charge in [-0.05, 0) is 39.2 Å². The third-order valence-electron chi connectivity index (χ3n) is 3.82. The molecule has 0 aliphatic carbocycles. The summed E-state index contributed by atoms with van der Waals surface area (Å²) in [5, 5.41) is 10.8. The standard InChI is InChI=1S/C14H17ClN2O3/c1-9-4-3-5-10(2)16(9)14(18)12-7-6-11(17(19)20)8-13(12)15/h6-10H,3-5H2,1-2H3. The lowest BCUT2D eigenvalue weighted by Crippen LogP contribution is -2.47. The number of carbonyl (C=O) groups is 1. The Morgan fingerprint density at radius 3 is 2.45 bits per heavy atom. The largest absolute Gasteiger partial charge is 0.333 e. The number of rotatable bonds is 2. The molecule has 20 heavy (non-hydrogen) atoms.